The Labute approximate surface area is 180 Å². The van der Waals surface area contributed by atoms with Crippen molar-refractivity contribution in [3.63, 3.8) is 0 Å². The number of likely N-dealkylation sites (tertiary alicyclic amines) is 1. The van der Waals surface area contributed by atoms with Crippen LogP contribution in [0.3, 0.4) is 0 Å². The maximum atomic E-state index is 13.5. The van der Waals surface area contributed by atoms with Crippen molar-refractivity contribution in [2.75, 3.05) is 27.3 Å². The van der Waals surface area contributed by atoms with Gasteiger partial charge in [-0.15, -0.1) is 10.2 Å². The van der Waals surface area contributed by atoms with E-state index in [0.29, 0.717) is 18.0 Å². The van der Waals surface area contributed by atoms with E-state index in [9.17, 15) is 4.79 Å². The Kier molecular flexibility index (Phi) is 4.77. The van der Waals surface area contributed by atoms with Gasteiger partial charge in [0.25, 0.3) is 5.91 Å². The highest BCUT2D eigenvalue weighted by molar-refractivity contribution is 6.02. The Balaban J connectivity index is 1.49. The van der Waals surface area contributed by atoms with Gasteiger partial charge in [0.15, 0.2) is 5.65 Å². The smallest absolute Gasteiger partial charge is 0.270 e. The summed E-state index contributed by atoms with van der Waals surface area (Å²) < 4.78 is 15.0. The molecule has 3 aromatic heterocycles. The molecule has 0 radical (unpaired) electrons. The molecular weight excluding hydrogens is 394 g/mol. The Morgan fingerprint density at radius 2 is 1.90 bits per heavy atom. The summed E-state index contributed by atoms with van der Waals surface area (Å²) in [5.41, 5.74) is 2.29. The first-order valence-electron chi connectivity index (χ1n) is 10.4. The molecule has 160 valence electrons. The summed E-state index contributed by atoms with van der Waals surface area (Å²) in [5, 5.41) is 9.57. The second-order valence-corrected chi connectivity index (χ2v) is 7.90. The van der Waals surface area contributed by atoms with Crippen molar-refractivity contribution in [3.8, 4) is 11.5 Å². The molecule has 0 unspecified atom stereocenters. The third kappa shape index (κ3) is 3.10. The van der Waals surface area contributed by atoms with E-state index in [2.05, 4.69) is 10.2 Å². The standard InChI is InChI=1S/C23H25N5O3/c1-26-17(13-16-18(30-2)9-10-19(31-3)21(16)26)23(29)27-11-6-7-15(14-27)22-25-24-20-8-4-5-12-28(20)22/h4-5,8-10,12-13,15H,6-7,11,14H2,1-3H3/t15-/m0/s1. The van der Waals surface area contributed by atoms with Crippen LogP contribution in [0.5, 0.6) is 11.5 Å². The van der Waals surface area contributed by atoms with Gasteiger partial charge < -0.3 is 18.9 Å². The van der Waals surface area contributed by atoms with Gasteiger partial charge in [-0.25, -0.2) is 0 Å². The number of carbonyl (C=O) groups excluding carboxylic acids is 1. The van der Waals surface area contributed by atoms with Crippen LogP contribution in [0.2, 0.25) is 0 Å². The number of ether oxygens (including phenoxy) is 2. The number of hydrogen-bond donors (Lipinski definition) is 0. The fraction of sp³-hybridized carbons (Fsp3) is 0.348. The summed E-state index contributed by atoms with van der Waals surface area (Å²) in [6.45, 7) is 1.34. The quantitative estimate of drug-likeness (QED) is 0.508. The summed E-state index contributed by atoms with van der Waals surface area (Å²) >= 11 is 0. The number of pyridine rings is 1. The van der Waals surface area contributed by atoms with Crippen molar-refractivity contribution in [1.29, 1.82) is 0 Å². The number of fused-ring (bicyclic) bond motifs is 2. The SMILES string of the molecule is COc1ccc(OC)c2c1cc(C(=O)N1CCC[C@H](c3nnc4ccccn34)C1)n2C. The molecule has 0 N–H and O–H groups in total. The van der Waals surface area contributed by atoms with E-state index in [4.69, 9.17) is 9.47 Å². The molecule has 1 amide bonds. The fourth-order valence-corrected chi connectivity index (χ4v) is 4.63. The maximum absolute atomic E-state index is 13.5. The maximum Gasteiger partial charge on any atom is 0.270 e. The van der Waals surface area contributed by atoms with E-state index < -0.39 is 0 Å². The second-order valence-electron chi connectivity index (χ2n) is 7.90. The van der Waals surface area contributed by atoms with Gasteiger partial charge in [-0.1, -0.05) is 6.07 Å². The van der Waals surface area contributed by atoms with Crippen molar-refractivity contribution < 1.29 is 14.3 Å². The molecule has 1 aromatic carbocycles. The Hall–Kier alpha value is -3.55. The molecule has 5 rings (SSSR count). The van der Waals surface area contributed by atoms with Crippen molar-refractivity contribution in [3.05, 3.63) is 54.1 Å². The van der Waals surface area contributed by atoms with Crippen molar-refractivity contribution in [2.24, 2.45) is 7.05 Å². The first-order chi connectivity index (χ1) is 15.1. The molecule has 4 aromatic rings. The molecule has 1 atom stereocenters. The number of carbonyl (C=O) groups is 1. The zero-order valence-corrected chi connectivity index (χ0v) is 17.9. The van der Waals surface area contributed by atoms with Gasteiger partial charge in [0.1, 0.15) is 23.0 Å². The minimum atomic E-state index is 0.00123. The first kappa shape index (κ1) is 19.4. The van der Waals surface area contributed by atoms with Gasteiger partial charge in [0.2, 0.25) is 0 Å². The number of methoxy groups -OCH3 is 2. The number of piperidine rings is 1. The summed E-state index contributed by atoms with van der Waals surface area (Å²) in [6.07, 6.45) is 3.89. The van der Waals surface area contributed by atoms with Crippen LogP contribution in [0.15, 0.2) is 42.6 Å². The second kappa shape index (κ2) is 7.61. The highest BCUT2D eigenvalue weighted by atomic mass is 16.5. The highest BCUT2D eigenvalue weighted by Gasteiger charge is 2.30. The van der Waals surface area contributed by atoms with E-state index in [-0.39, 0.29) is 11.8 Å². The van der Waals surface area contributed by atoms with E-state index >= 15 is 0 Å². The molecule has 0 spiro atoms. The number of amides is 1. The van der Waals surface area contributed by atoms with Gasteiger partial charge in [-0.2, -0.15) is 0 Å². The van der Waals surface area contributed by atoms with Crippen molar-refractivity contribution in [2.45, 2.75) is 18.8 Å². The number of benzene rings is 1. The molecule has 4 heterocycles. The average molecular weight is 419 g/mol. The number of aryl methyl sites for hydroxylation is 1. The first-order valence-corrected chi connectivity index (χ1v) is 10.4. The molecule has 1 aliphatic heterocycles. The summed E-state index contributed by atoms with van der Waals surface area (Å²) in [4.78, 5) is 15.5. The molecule has 0 aliphatic carbocycles. The zero-order valence-electron chi connectivity index (χ0n) is 17.9. The predicted octanol–water partition coefficient (Wildman–Crippen LogP) is 3.26. The molecule has 1 fully saturated rings. The van der Waals surface area contributed by atoms with Gasteiger partial charge in [0, 0.05) is 37.6 Å². The molecule has 1 aliphatic rings. The third-order valence-electron chi connectivity index (χ3n) is 6.19. The number of nitrogens with zero attached hydrogens (tertiary/aromatic N) is 5. The van der Waals surface area contributed by atoms with Crippen LogP contribution in [-0.2, 0) is 7.05 Å². The summed E-state index contributed by atoms with van der Waals surface area (Å²) in [7, 11) is 5.16. The molecular formula is C23H25N5O3. The summed E-state index contributed by atoms with van der Waals surface area (Å²) in [6, 6.07) is 11.5. The van der Waals surface area contributed by atoms with Crippen LogP contribution in [-0.4, -0.2) is 57.3 Å². The molecule has 8 nitrogen and oxygen atoms in total. The molecule has 0 saturated carbocycles. The van der Waals surface area contributed by atoms with Gasteiger partial charge in [-0.3, -0.25) is 9.20 Å². The highest BCUT2D eigenvalue weighted by Crippen LogP contribution is 2.36. The van der Waals surface area contributed by atoms with E-state index in [0.717, 1.165) is 47.5 Å². The lowest BCUT2D eigenvalue weighted by Crippen LogP contribution is -2.40. The van der Waals surface area contributed by atoms with Crippen LogP contribution >= 0.6 is 0 Å². The number of rotatable bonds is 4. The molecule has 1 saturated heterocycles. The molecule has 8 heteroatoms. The Morgan fingerprint density at radius 1 is 1.10 bits per heavy atom. The number of hydrogen-bond acceptors (Lipinski definition) is 5. The van der Waals surface area contributed by atoms with E-state index in [1.54, 1.807) is 14.2 Å². The lowest BCUT2D eigenvalue weighted by molar-refractivity contribution is 0.0695. The third-order valence-corrected chi connectivity index (χ3v) is 6.19. The minimum absolute atomic E-state index is 0.00123. The van der Waals surface area contributed by atoms with Crippen LogP contribution in [0, 0.1) is 0 Å². The van der Waals surface area contributed by atoms with Gasteiger partial charge >= 0.3 is 0 Å². The molecule has 0 bridgehead atoms. The predicted molar refractivity (Wildman–Crippen MR) is 117 cm³/mol. The van der Waals surface area contributed by atoms with Crippen LogP contribution < -0.4 is 9.47 Å². The minimum Gasteiger partial charge on any atom is -0.496 e. The van der Waals surface area contributed by atoms with Crippen LogP contribution in [0.25, 0.3) is 16.6 Å². The van der Waals surface area contributed by atoms with Crippen LogP contribution in [0.4, 0.5) is 0 Å². The average Bonchev–Trinajstić information content (AvgIpc) is 3.40. The lowest BCUT2D eigenvalue weighted by atomic mass is 9.97. The van der Waals surface area contributed by atoms with E-state index in [1.165, 1.54) is 0 Å². The normalized spacial score (nSPS) is 16.7. The van der Waals surface area contributed by atoms with Crippen molar-refractivity contribution >= 4 is 22.5 Å². The van der Waals surface area contributed by atoms with Gasteiger partial charge in [-0.05, 0) is 43.2 Å². The molecule has 31 heavy (non-hydrogen) atoms. The largest absolute Gasteiger partial charge is 0.496 e. The van der Waals surface area contributed by atoms with Crippen molar-refractivity contribution in [1.82, 2.24) is 24.1 Å². The van der Waals surface area contributed by atoms with E-state index in [1.807, 2.05) is 63.5 Å². The monoisotopic (exact) mass is 419 g/mol. The Bertz CT molecular complexity index is 1280. The zero-order chi connectivity index (χ0) is 21.5. The fourth-order valence-electron chi connectivity index (χ4n) is 4.63. The van der Waals surface area contributed by atoms with Gasteiger partial charge in [0.05, 0.1) is 19.7 Å². The Morgan fingerprint density at radius 3 is 2.71 bits per heavy atom. The topological polar surface area (TPSA) is 73.9 Å². The van der Waals surface area contributed by atoms with Crippen LogP contribution in [0.1, 0.15) is 35.1 Å². The number of aromatic nitrogens is 4. The lowest BCUT2D eigenvalue weighted by Gasteiger charge is -2.32. The summed E-state index contributed by atoms with van der Waals surface area (Å²) in [5.74, 6) is 2.49.